The molecule has 0 spiro atoms. The summed E-state index contributed by atoms with van der Waals surface area (Å²) < 4.78 is 1.81. The van der Waals surface area contributed by atoms with E-state index in [4.69, 9.17) is 11.6 Å². The fourth-order valence-electron chi connectivity index (χ4n) is 1.66. The highest BCUT2D eigenvalue weighted by atomic mass is 35.5. The van der Waals surface area contributed by atoms with E-state index in [1.807, 2.05) is 37.5 Å². The van der Waals surface area contributed by atoms with Crippen LogP contribution < -0.4 is 0 Å². The molecule has 0 aromatic carbocycles. The van der Waals surface area contributed by atoms with Gasteiger partial charge in [-0.2, -0.15) is 5.10 Å². The molecule has 0 N–H and O–H groups in total. The van der Waals surface area contributed by atoms with Crippen molar-refractivity contribution in [1.82, 2.24) is 14.7 Å². The number of hydrogen-bond acceptors (Lipinski definition) is 3. The first-order valence-electron chi connectivity index (χ1n) is 5.83. The Morgan fingerprint density at radius 1 is 1.47 bits per heavy atom. The molecule has 1 aromatic heterocycles. The van der Waals surface area contributed by atoms with Gasteiger partial charge in [-0.05, 0) is 27.9 Å². The van der Waals surface area contributed by atoms with E-state index in [1.165, 1.54) is 0 Å². The summed E-state index contributed by atoms with van der Waals surface area (Å²) in [5, 5.41) is 4.93. The van der Waals surface area contributed by atoms with Gasteiger partial charge in [0.25, 0.3) is 0 Å². The van der Waals surface area contributed by atoms with Gasteiger partial charge in [0.05, 0.1) is 16.4 Å². The van der Waals surface area contributed by atoms with E-state index in [1.54, 1.807) is 0 Å². The fraction of sp³-hybridized carbons (Fsp3) is 0.667. The van der Waals surface area contributed by atoms with Gasteiger partial charge >= 0.3 is 0 Å². The summed E-state index contributed by atoms with van der Waals surface area (Å²) in [6.45, 7) is 5.37. The molecule has 0 aliphatic rings. The zero-order chi connectivity index (χ0) is 13.0. The van der Waals surface area contributed by atoms with E-state index >= 15 is 0 Å². The molecule has 0 fully saturated rings. The molecule has 4 nitrogen and oxygen atoms in total. The minimum atomic E-state index is 0.204. The van der Waals surface area contributed by atoms with Crippen molar-refractivity contribution in [3.8, 4) is 0 Å². The van der Waals surface area contributed by atoms with Crippen LogP contribution in [0.15, 0.2) is 0 Å². The Morgan fingerprint density at radius 3 is 2.65 bits per heavy atom. The number of halogens is 1. The Bertz CT molecular complexity index is 399. The van der Waals surface area contributed by atoms with E-state index < -0.39 is 0 Å². The lowest BCUT2D eigenvalue weighted by molar-refractivity contribution is -0.118. The van der Waals surface area contributed by atoms with Crippen LogP contribution in [0.4, 0.5) is 0 Å². The molecule has 0 bridgehead atoms. The molecule has 1 aromatic rings. The maximum atomic E-state index is 11.8. The van der Waals surface area contributed by atoms with Crippen LogP contribution in [0.2, 0.25) is 5.02 Å². The number of carbonyl (C=O) groups is 1. The molecular formula is C12H20ClN3O. The number of carbonyl (C=O) groups excluding carboxylic acids is 1. The SMILES string of the molecule is CCn1nc(C)c(Cl)c1CC(=O)CCN(C)C. The second-order valence-electron chi connectivity index (χ2n) is 4.43. The fourth-order valence-corrected chi connectivity index (χ4v) is 1.86. The van der Waals surface area contributed by atoms with E-state index in [0.29, 0.717) is 17.9 Å². The Kier molecular flexibility index (Phi) is 5.15. The van der Waals surface area contributed by atoms with Crippen LogP contribution in [-0.4, -0.2) is 41.1 Å². The second kappa shape index (κ2) is 6.17. The zero-order valence-electron chi connectivity index (χ0n) is 11.0. The van der Waals surface area contributed by atoms with Gasteiger partial charge in [0.2, 0.25) is 0 Å². The number of aromatic nitrogens is 2. The van der Waals surface area contributed by atoms with Crippen molar-refractivity contribution in [3.05, 3.63) is 16.4 Å². The van der Waals surface area contributed by atoms with Gasteiger partial charge in [0.1, 0.15) is 5.78 Å². The van der Waals surface area contributed by atoms with Crippen LogP contribution in [0.25, 0.3) is 0 Å². The number of ketones is 1. The molecule has 0 unspecified atom stereocenters. The van der Waals surface area contributed by atoms with Gasteiger partial charge in [-0.25, -0.2) is 0 Å². The van der Waals surface area contributed by atoms with Crippen molar-refractivity contribution < 1.29 is 4.79 Å². The van der Waals surface area contributed by atoms with Crippen LogP contribution >= 0.6 is 11.6 Å². The largest absolute Gasteiger partial charge is 0.309 e. The normalized spacial score (nSPS) is 11.2. The van der Waals surface area contributed by atoms with Crippen molar-refractivity contribution in [2.24, 2.45) is 0 Å². The maximum absolute atomic E-state index is 11.8. The quantitative estimate of drug-likeness (QED) is 0.782. The highest BCUT2D eigenvalue weighted by Crippen LogP contribution is 2.21. The Labute approximate surface area is 108 Å². The minimum absolute atomic E-state index is 0.204. The predicted molar refractivity (Wildman–Crippen MR) is 69.5 cm³/mol. The third kappa shape index (κ3) is 3.82. The van der Waals surface area contributed by atoms with Gasteiger partial charge in [0, 0.05) is 25.9 Å². The van der Waals surface area contributed by atoms with Gasteiger partial charge in [-0.3, -0.25) is 9.48 Å². The number of rotatable bonds is 6. The summed E-state index contributed by atoms with van der Waals surface area (Å²) in [7, 11) is 3.92. The van der Waals surface area contributed by atoms with E-state index in [2.05, 4.69) is 5.10 Å². The highest BCUT2D eigenvalue weighted by Gasteiger charge is 2.15. The molecule has 5 heteroatoms. The van der Waals surface area contributed by atoms with Gasteiger partial charge < -0.3 is 4.90 Å². The molecule has 0 amide bonds. The summed E-state index contributed by atoms with van der Waals surface area (Å²) >= 11 is 6.15. The summed E-state index contributed by atoms with van der Waals surface area (Å²) in [5.41, 5.74) is 1.64. The smallest absolute Gasteiger partial charge is 0.140 e. The molecule has 0 radical (unpaired) electrons. The van der Waals surface area contributed by atoms with Crippen molar-refractivity contribution in [3.63, 3.8) is 0 Å². The van der Waals surface area contributed by atoms with Crippen molar-refractivity contribution >= 4 is 17.4 Å². The molecule has 1 rings (SSSR count). The molecule has 0 aliphatic heterocycles. The van der Waals surface area contributed by atoms with Crippen LogP contribution in [0.5, 0.6) is 0 Å². The topological polar surface area (TPSA) is 38.1 Å². The van der Waals surface area contributed by atoms with Crippen molar-refractivity contribution in [2.75, 3.05) is 20.6 Å². The minimum Gasteiger partial charge on any atom is -0.309 e. The number of Topliss-reactive ketones (excluding diaryl/α,β-unsaturated/α-hetero) is 1. The van der Waals surface area contributed by atoms with Crippen LogP contribution in [0, 0.1) is 6.92 Å². The lowest BCUT2D eigenvalue weighted by Crippen LogP contribution is -2.18. The Hall–Kier alpha value is -0.870. The average Bonchev–Trinajstić information content (AvgIpc) is 2.54. The number of nitrogens with zero attached hydrogens (tertiary/aromatic N) is 3. The monoisotopic (exact) mass is 257 g/mol. The third-order valence-electron chi connectivity index (χ3n) is 2.66. The number of hydrogen-bond donors (Lipinski definition) is 0. The van der Waals surface area contributed by atoms with Crippen molar-refractivity contribution in [1.29, 1.82) is 0 Å². The lowest BCUT2D eigenvalue weighted by Gasteiger charge is -2.09. The molecule has 0 saturated heterocycles. The van der Waals surface area contributed by atoms with Gasteiger partial charge in [-0.1, -0.05) is 11.6 Å². The summed E-state index contributed by atoms with van der Waals surface area (Å²) in [6.07, 6.45) is 0.929. The summed E-state index contributed by atoms with van der Waals surface area (Å²) in [4.78, 5) is 13.8. The molecule has 0 atom stereocenters. The lowest BCUT2D eigenvalue weighted by atomic mass is 10.1. The summed E-state index contributed by atoms with van der Waals surface area (Å²) in [5.74, 6) is 0.204. The zero-order valence-corrected chi connectivity index (χ0v) is 11.7. The second-order valence-corrected chi connectivity index (χ2v) is 4.81. The van der Waals surface area contributed by atoms with Crippen LogP contribution in [0.3, 0.4) is 0 Å². The van der Waals surface area contributed by atoms with Gasteiger partial charge in [-0.15, -0.1) is 0 Å². The standard InChI is InChI=1S/C12H20ClN3O/c1-5-16-11(12(13)9(2)14-16)8-10(17)6-7-15(3)4/h5-8H2,1-4H3. The first kappa shape index (κ1) is 14.2. The number of aryl methyl sites for hydroxylation is 2. The molecule has 0 aliphatic carbocycles. The molecule has 96 valence electrons. The van der Waals surface area contributed by atoms with E-state index in [9.17, 15) is 4.79 Å². The van der Waals surface area contributed by atoms with E-state index in [0.717, 1.165) is 24.5 Å². The molecule has 1 heterocycles. The predicted octanol–water partition coefficient (Wildman–Crippen LogP) is 1.93. The van der Waals surface area contributed by atoms with Crippen molar-refractivity contribution in [2.45, 2.75) is 33.2 Å². The first-order chi connectivity index (χ1) is 7.95. The Morgan fingerprint density at radius 2 is 2.12 bits per heavy atom. The molecule has 0 saturated carbocycles. The van der Waals surface area contributed by atoms with Crippen LogP contribution in [0.1, 0.15) is 24.7 Å². The molecule has 17 heavy (non-hydrogen) atoms. The average molecular weight is 258 g/mol. The van der Waals surface area contributed by atoms with Crippen LogP contribution in [-0.2, 0) is 17.8 Å². The highest BCUT2D eigenvalue weighted by molar-refractivity contribution is 6.32. The van der Waals surface area contributed by atoms with Gasteiger partial charge in [0.15, 0.2) is 0 Å². The first-order valence-corrected chi connectivity index (χ1v) is 6.21. The van der Waals surface area contributed by atoms with E-state index in [-0.39, 0.29) is 5.78 Å². The maximum Gasteiger partial charge on any atom is 0.140 e. The Balaban J connectivity index is 2.70. The third-order valence-corrected chi connectivity index (χ3v) is 3.15. The molecular weight excluding hydrogens is 238 g/mol. The summed E-state index contributed by atoms with van der Waals surface area (Å²) in [6, 6.07) is 0.